The molecule has 0 aliphatic heterocycles. The minimum Gasteiger partial charge on any atom is -0.219 e. The molecule has 1 aromatic heterocycles. The second-order valence-electron chi connectivity index (χ2n) is 3.30. The summed E-state index contributed by atoms with van der Waals surface area (Å²) in [6.45, 7) is 1.85. The lowest BCUT2D eigenvalue weighted by molar-refractivity contribution is 0.794. The fourth-order valence-corrected chi connectivity index (χ4v) is 2.21. The van der Waals surface area contributed by atoms with Crippen LogP contribution < -0.4 is 0 Å². The van der Waals surface area contributed by atoms with E-state index in [1.807, 2.05) is 19.1 Å². The number of hydrogen-bond donors (Lipinski definition) is 0. The molecular weight excluding hydrogens is 313 g/mol. The van der Waals surface area contributed by atoms with Gasteiger partial charge in [0.2, 0.25) is 0 Å². The lowest BCUT2D eigenvalue weighted by atomic mass is 10.3. The zero-order valence-corrected chi connectivity index (χ0v) is 11.5. The van der Waals surface area contributed by atoms with Crippen molar-refractivity contribution in [3.8, 4) is 5.69 Å². The second-order valence-corrected chi connectivity index (χ2v) is 5.25. The predicted octanol–water partition coefficient (Wildman–Crippen LogP) is 3.98. The van der Waals surface area contributed by atoms with E-state index in [0.717, 1.165) is 15.9 Å². The molecule has 0 saturated carbocycles. The van der Waals surface area contributed by atoms with Gasteiger partial charge in [-0.3, -0.25) is 0 Å². The summed E-state index contributed by atoms with van der Waals surface area (Å²) in [5.41, 5.74) is 1.61. The van der Waals surface area contributed by atoms with Gasteiger partial charge in [-0.2, -0.15) is 0 Å². The summed E-state index contributed by atoms with van der Waals surface area (Å²) in [6, 6.07) is 5.47. The van der Waals surface area contributed by atoms with Crippen molar-refractivity contribution in [2.75, 3.05) is 0 Å². The lowest BCUT2D eigenvalue weighted by Gasteiger charge is -2.03. The molecule has 0 fully saturated rings. The molecule has 0 saturated heterocycles. The summed E-state index contributed by atoms with van der Waals surface area (Å²) in [7, 11) is 0. The monoisotopic (exact) mass is 319 g/mol. The van der Waals surface area contributed by atoms with Gasteiger partial charge in [0.05, 0.1) is 17.3 Å². The number of rotatable bonds is 2. The average molecular weight is 321 g/mol. The molecule has 3 nitrogen and oxygen atoms in total. The summed E-state index contributed by atoms with van der Waals surface area (Å²) in [4.78, 5) is 0. The van der Waals surface area contributed by atoms with Crippen molar-refractivity contribution in [1.82, 2.24) is 15.0 Å². The van der Waals surface area contributed by atoms with E-state index in [1.54, 1.807) is 16.9 Å². The van der Waals surface area contributed by atoms with Crippen molar-refractivity contribution in [3.05, 3.63) is 39.6 Å². The van der Waals surface area contributed by atoms with Crippen LogP contribution in [-0.4, -0.2) is 15.0 Å². The molecular formula is C10H8BrCl2N3. The minimum absolute atomic E-state index is 0.153. The topological polar surface area (TPSA) is 30.7 Å². The molecule has 0 aliphatic rings. The van der Waals surface area contributed by atoms with Crippen molar-refractivity contribution in [2.24, 2.45) is 0 Å². The van der Waals surface area contributed by atoms with Crippen LogP contribution in [0.15, 0.2) is 28.9 Å². The highest BCUT2D eigenvalue weighted by Gasteiger charge is 2.09. The molecule has 1 aromatic carbocycles. The molecule has 0 N–H and O–H groups in total. The summed E-state index contributed by atoms with van der Waals surface area (Å²) < 4.78 is 2.52. The van der Waals surface area contributed by atoms with Gasteiger partial charge in [-0.15, -0.1) is 16.7 Å². The fraction of sp³-hybridized carbons (Fsp3) is 0.200. The smallest absolute Gasteiger partial charge is 0.101 e. The van der Waals surface area contributed by atoms with Gasteiger partial charge in [0.15, 0.2) is 0 Å². The molecule has 0 radical (unpaired) electrons. The Morgan fingerprint density at radius 3 is 2.75 bits per heavy atom. The van der Waals surface area contributed by atoms with Gasteiger partial charge in [0, 0.05) is 9.50 Å². The highest BCUT2D eigenvalue weighted by atomic mass is 79.9. The average Bonchev–Trinajstić information content (AvgIpc) is 2.66. The first kappa shape index (κ1) is 11.9. The molecule has 6 heteroatoms. The van der Waals surface area contributed by atoms with Crippen LogP contribution in [0.1, 0.15) is 18.0 Å². The maximum atomic E-state index is 5.92. The van der Waals surface area contributed by atoms with E-state index in [9.17, 15) is 0 Å². The lowest BCUT2D eigenvalue weighted by Crippen LogP contribution is -1.95. The number of nitrogens with zero attached hydrogens (tertiary/aromatic N) is 3. The van der Waals surface area contributed by atoms with Crippen molar-refractivity contribution in [3.63, 3.8) is 0 Å². The Labute approximate surface area is 111 Å². The molecule has 2 rings (SSSR count). The van der Waals surface area contributed by atoms with Crippen LogP contribution in [0.2, 0.25) is 5.02 Å². The van der Waals surface area contributed by atoms with Crippen LogP contribution in [0.5, 0.6) is 0 Å². The largest absolute Gasteiger partial charge is 0.219 e. The van der Waals surface area contributed by atoms with E-state index < -0.39 is 0 Å². The standard InChI is InChI=1S/C10H8BrCl2N3/c1-6(12)9-5-16(15-14-9)10-3-2-7(13)4-8(10)11/h2-6H,1H3. The predicted molar refractivity (Wildman–Crippen MR) is 68.3 cm³/mol. The fourth-order valence-electron chi connectivity index (χ4n) is 1.24. The third-order valence-corrected chi connectivity index (χ3v) is 3.17. The highest BCUT2D eigenvalue weighted by molar-refractivity contribution is 9.10. The van der Waals surface area contributed by atoms with Gasteiger partial charge in [-0.05, 0) is 41.1 Å². The first-order valence-corrected chi connectivity index (χ1v) is 6.20. The van der Waals surface area contributed by atoms with Crippen LogP contribution in [0, 0.1) is 0 Å². The number of hydrogen-bond acceptors (Lipinski definition) is 2. The van der Waals surface area contributed by atoms with Crippen LogP contribution in [0.3, 0.4) is 0 Å². The maximum absolute atomic E-state index is 5.92. The van der Waals surface area contributed by atoms with Crippen molar-refractivity contribution >= 4 is 39.1 Å². The SMILES string of the molecule is CC(Cl)c1cn(-c2ccc(Cl)cc2Br)nn1. The highest BCUT2D eigenvalue weighted by Crippen LogP contribution is 2.25. The van der Waals surface area contributed by atoms with E-state index in [1.165, 1.54) is 0 Å². The second kappa shape index (κ2) is 4.73. The zero-order chi connectivity index (χ0) is 11.7. The Morgan fingerprint density at radius 2 is 2.19 bits per heavy atom. The summed E-state index contributed by atoms with van der Waals surface area (Å²) in [5.74, 6) is 0. The van der Waals surface area contributed by atoms with Gasteiger partial charge < -0.3 is 0 Å². The Kier molecular flexibility index (Phi) is 3.52. The van der Waals surface area contributed by atoms with Gasteiger partial charge in [-0.1, -0.05) is 16.8 Å². The van der Waals surface area contributed by atoms with E-state index in [2.05, 4.69) is 26.2 Å². The Morgan fingerprint density at radius 1 is 1.44 bits per heavy atom. The van der Waals surface area contributed by atoms with E-state index in [4.69, 9.17) is 23.2 Å². The zero-order valence-electron chi connectivity index (χ0n) is 8.36. The summed E-state index contributed by atoms with van der Waals surface area (Å²) in [6.07, 6.45) is 1.80. The molecule has 0 bridgehead atoms. The molecule has 16 heavy (non-hydrogen) atoms. The number of aromatic nitrogens is 3. The molecule has 84 valence electrons. The van der Waals surface area contributed by atoms with E-state index in [0.29, 0.717) is 5.02 Å². The molecule has 0 aliphatic carbocycles. The first-order chi connectivity index (χ1) is 7.58. The van der Waals surface area contributed by atoms with Gasteiger partial charge in [0.1, 0.15) is 5.69 Å². The van der Waals surface area contributed by atoms with Crippen LogP contribution in [0.4, 0.5) is 0 Å². The van der Waals surface area contributed by atoms with E-state index in [-0.39, 0.29) is 5.38 Å². The number of benzene rings is 1. The van der Waals surface area contributed by atoms with Gasteiger partial charge >= 0.3 is 0 Å². The Balaban J connectivity index is 2.42. The first-order valence-electron chi connectivity index (χ1n) is 4.59. The van der Waals surface area contributed by atoms with Crippen molar-refractivity contribution in [1.29, 1.82) is 0 Å². The number of alkyl halides is 1. The third kappa shape index (κ3) is 2.39. The Hall–Kier alpha value is -0.580. The van der Waals surface area contributed by atoms with Gasteiger partial charge in [-0.25, -0.2) is 4.68 Å². The molecule has 1 heterocycles. The van der Waals surface area contributed by atoms with Gasteiger partial charge in [0.25, 0.3) is 0 Å². The van der Waals surface area contributed by atoms with Crippen LogP contribution in [0.25, 0.3) is 5.69 Å². The van der Waals surface area contributed by atoms with Crippen molar-refractivity contribution in [2.45, 2.75) is 12.3 Å². The third-order valence-electron chi connectivity index (χ3n) is 2.08. The molecule has 1 unspecified atom stereocenters. The van der Waals surface area contributed by atoms with Crippen LogP contribution in [-0.2, 0) is 0 Å². The normalized spacial score (nSPS) is 12.8. The molecule has 2 aromatic rings. The molecule has 0 amide bonds. The van der Waals surface area contributed by atoms with Crippen molar-refractivity contribution < 1.29 is 0 Å². The van der Waals surface area contributed by atoms with E-state index >= 15 is 0 Å². The summed E-state index contributed by atoms with van der Waals surface area (Å²) in [5, 5.41) is 8.51. The maximum Gasteiger partial charge on any atom is 0.101 e. The molecule has 0 spiro atoms. The minimum atomic E-state index is -0.153. The Bertz CT molecular complexity index is 511. The van der Waals surface area contributed by atoms with Crippen LogP contribution >= 0.6 is 39.1 Å². The quantitative estimate of drug-likeness (QED) is 0.783. The summed E-state index contributed by atoms with van der Waals surface area (Å²) >= 11 is 15.2. The number of halogens is 3. The molecule has 1 atom stereocenters.